The van der Waals surface area contributed by atoms with Gasteiger partial charge in [-0.2, -0.15) is 10.1 Å². The normalized spacial score (nSPS) is 15.9. The second kappa shape index (κ2) is 7.07. The lowest BCUT2D eigenvalue weighted by atomic mass is 9.94. The Morgan fingerprint density at radius 3 is 2.59 bits per heavy atom. The molecule has 1 aliphatic rings. The van der Waals surface area contributed by atoms with Crippen LogP contribution in [-0.2, 0) is 11.3 Å². The first-order valence-electron chi connectivity index (χ1n) is 8.89. The van der Waals surface area contributed by atoms with Gasteiger partial charge in [-0.25, -0.2) is 4.68 Å². The molecule has 0 saturated heterocycles. The number of nitrogens with one attached hydrogen (secondary N) is 2. The number of carbonyl (C=O) groups is 1. The summed E-state index contributed by atoms with van der Waals surface area (Å²) in [5.74, 6) is 0.522. The molecule has 4 rings (SSSR count). The van der Waals surface area contributed by atoms with Gasteiger partial charge in [-0.3, -0.25) is 4.79 Å². The van der Waals surface area contributed by atoms with E-state index in [0.717, 1.165) is 16.8 Å². The third-order valence-corrected chi connectivity index (χ3v) is 4.73. The zero-order chi connectivity index (χ0) is 18.8. The fourth-order valence-electron chi connectivity index (χ4n) is 3.32. The molecule has 27 heavy (non-hydrogen) atoms. The van der Waals surface area contributed by atoms with Gasteiger partial charge in [0.2, 0.25) is 5.95 Å². The van der Waals surface area contributed by atoms with Crippen molar-refractivity contribution in [3.63, 3.8) is 0 Å². The van der Waals surface area contributed by atoms with Crippen molar-refractivity contribution in [2.24, 2.45) is 0 Å². The Hall–Kier alpha value is -3.41. The number of benzene rings is 2. The van der Waals surface area contributed by atoms with Gasteiger partial charge in [0, 0.05) is 12.2 Å². The number of carbonyl (C=O) groups excluding carboxylic acids is 1. The standard InChI is InChI=1S/C21H21N5O/c1-14-8-10-17(11-9-14)19-18(15(2)25-21-23-13-24-26(19)21)20(27)22-12-16-6-4-3-5-7-16/h3-11,13,19H,12H2,1-2H3,(H,22,27)(H,23,24,25). The zero-order valence-electron chi connectivity index (χ0n) is 15.3. The summed E-state index contributed by atoms with van der Waals surface area (Å²) < 4.78 is 1.76. The average Bonchev–Trinajstić information content (AvgIpc) is 3.14. The molecule has 0 spiro atoms. The Morgan fingerprint density at radius 1 is 1.11 bits per heavy atom. The van der Waals surface area contributed by atoms with Crippen LogP contribution in [0.2, 0.25) is 0 Å². The van der Waals surface area contributed by atoms with E-state index in [4.69, 9.17) is 0 Å². The fourth-order valence-corrected chi connectivity index (χ4v) is 3.32. The molecule has 3 aromatic rings. The van der Waals surface area contributed by atoms with Crippen LogP contribution in [0.3, 0.4) is 0 Å². The highest BCUT2D eigenvalue weighted by molar-refractivity contribution is 5.96. The van der Waals surface area contributed by atoms with Crippen LogP contribution in [0, 0.1) is 6.92 Å². The Bertz CT molecular complexity index is 989. The van der Waals surface area contributed by atoms with Crippen molar-refractivity contribution in [3.8, 4) is 0 Å². The number of aromatic nitrogens is 3. The third kappa shape index (κ3) is 3.33. The first-order valence-corrected chi connectivity index (χ1v) is 8.89. The van der Waals surface area contributed by atoms with Gasteiger partial charge < -0.3 is 10.6 Å². The smallest absolute Gasteiger partial charge is 0.251 e. The van der Waals surface area contributed by atoms with E-state index in [1.807, 2.05) is 68.4 Å². The van der Waals surface area contributed by atoms with Crippen LogP contribution in [0.25, 0.3) is 0 Å². The van der Waals surface area contributed by atoms with Gasteiger partial charge in [0.25, 0.3) is 5.91 Å². The van der Waals surface area contributed by atoms with E-state index in [1.165, 1.54) is 11.9 Å². The first-order chi connectivity index (χ1) is 13.1. The van der Waals surface area contributed by atoms with Crippen molar-refractivity contribution in [2.45, 2.75) is 26.4 Å². The molecule has 0 saturated carbocycles. The second-order valence-electron chi connectivity index (χ2n) is 6.67. The van der Waals surface area contributed by atoms with Crippen LogP contribution in [0.4, 0.5) is 5.95 Å². The average molecular weight is 359 g/mol. The number of fused-ring (bicyclic) bond motifs is 1. The Labute approximate surface area is 157 Å². The number of aryl methyl sites for hydroxylation is 1. The summed E-state index contributed by atoms with van der Waals surface area (Å²) in [6.07, 6.45) is 1.50. The van der Waals surface area contributed by atoms with Gasteiger partial charge in [-0.15, -0.1) is 0 Å². The van der Waals surface area contributed by atoms with Crippen LogP contribution in [0.15, 0.2) is 72.2 Å². The maximum Gasteiger partial charge on any atom is 0.251 e. The van der Waals surface area contributed by atoms with Crippen LogP contribution in [-0.4, -0.2) is 20.7 Å². The van der Waals surface area contributed by atoms with Crippen LogP contribution in [0.5, 0.6) is 0 Å². The summed E-state index contributed by atoms with van der Waals surface area (Å²) in [6.45, 7) is 4.42. The molecule has 136 valence electrons. The number of rotatable bonds is 4. The molecule has 0 aliphatic carbocycles. The second-order valence-corrected chi connectivity index (χ2v) is 6.67. The Balaban J connectivity index is 1.67. The monoisotopic (exact) mass is 359 g/mol. The summed E-state index contributed by atoms with van der Waals surface area (Å²) in [5, 5.41) is 10.6. The number of anilines is 1. The number of hydrogen-bond acceptors (Lipinski definition) is 4. The Morgan fingerprint density at radius 2 is 1.85 bits per heavy atom. The van der Waals surface area contributed by atoms with E-state index in [1.54, 1.807) is 4.68 Å². The molecule has 1 aromatic heterocycles. The molecule has 6 nitrogen and oxygen atoms in total. The molecular formula is C21H21N5O. The van der Waals surface area contributed by atoms with Crippen LogP contribution >= 0.6 is 0 Å². The fraction of sp³-hybridized carbons (Fsp3) is 0.190. The highest BCUT2D eigenvalue weighted by Gasteiger charge is 2.33. The minimum atomic E-state index is -0.319. The van der Waals surface area contributed by atoms with Crippen molar-refractivity contribution in [3.05, 3.63) is 88.9 Å². The van der Waals surface area contributed by atoms with Gasteiger partial charge in [0.1, 0.15) is 12.4 Å². The lowest BCUT2D eigenvalue weighted by Gasteiger charge is -2.28. The zero-order valence-corrected chi connectivity index (χ0v) is 15.3. The van der Waals surface area contributed by atoms with E-state index in [2.05, 4.69) is 20.7 Å². The van der Waals surface area contributed by atoms with Crippen molar-refractivity contribution in [1.29, 1.82) is 0 Å². The lowest BCUT2D eigenvalue weighted by Crippen LogP contribution is -2.34. The summed E-state index contributed by atoms with van der Waals surface area (Å²) in [5.41, 5.74) is 4.65. The lowest BCUT2D eigenvalue weighted by molar-refractivity contribution is -0.118. The van der Waals surface area contributed by atoms with Gasteiger partial charge in [-0.05, 0) is 25.0 Å². The maximum absolute atomic E-state index is 13.1. The number of nitrogens with zero attached hydrogens (tertiary/aromatic N) is 3. The third-order valence-electron chi connectivity index (χ3n) is 4.73. The number of allylic oxidation sites excluding steroid dienone is 1. The topological polar surface area (TPSA) is 71.8 Å². The van der Waals surface area contributed by atoms with E-state index < -0.39 is 0 Å². The SMILES string of the molecule is CC1=C(C(=O)NCc2ccccc2)C(c2ccc(C)cc2)n2ncnc2N1. The van der Waals surface area contributed by atoms with Gasteiger partial charge in [-0.1, -0.05) is 60.2 Å². The van der Waals surface area contributed by atoms with Gasteiger partial charge in [0.05, 0.1) is 5.57 Å². The summed E-state index contributed by atoms with van der Waals surface area (Å²) in [7, 11) is 0. The number of hydrogen-bond donors (Lipinski definition) is 2. The predicted molar refractivity (Wildman–Crippen MR) is 104 cm³/mol. The molecule has 1 aliphatic heterocycles. The van der Waals surface area contributed by atoms with Gasteiger partial charge >= 0.3 is 0 Å². The van der Waals surface area contributed by atoms with Crippen molar-refractivity contribution in [1.82, 2.24) is 20.1 Å². The maximum atomic E-state index is 13.1. The van der Waals surface area contributed by atoms with E-state index in [9.17, 15) is 4.79 Å². The summed E-state index contributed by atoms with van der Waals surface area (Å²) in [6, 6.07) is 17.7. The summed E-state index contributed by atoms with van der Waals surface area (Å²) >= 11 is 0. The molecule has 0 fully saturated rings. The predicted octanol–water partition coefficient (Wildman–Crippen LogP) is 3.19. The Kier molecular flexibility index (Phi) is 4.46. The molecular weight excluding hydrogens is 338 g/mol. The highest BCUT2D eigenvalue weighted by Crippen LogP contribution is 2.34. The molecule has 2 heterocycles. The van der Waals surface area contributed by atoms with E-state index >= 15 is 0 Å². The molecule has 1 atom stereocenters. The minimum Gasteiger partial charge on any atom is -0.348 e. The molecule has 0 radical (unpaired) electrons. The minimum absolute atomic E-state index is 0.115. The molecule has 1 amide bonds. The number of amides is 1. The van der Waals surface area contributed by atoms with Gasteiger partial charge in [0.15, 0.2) is 0 Å². The van der Waals surface area contributed by atoms with E-state index in [-0.39, 0.29) is 11.9 Å². The molecule has 6 heteroatoms. The van der Waals surface area contributed by atoms with E-state index in [0.29, 0.717) is 18.1 Å². The summed E-state index contributed by atoms with van der Waals surface area (Å²) in [4.78, 5) is 17.4. The molecule has 0 bridgehead atoms. The molecule has 1 unspecified atom stereocenters. The largest absolute Gasteiger partial charge is 0.348 e. The first kappa shape index (κ1) is 17.0. The van der Waals surface area contributed by atoms with Crippen molar-refractivity contribution >= 4 is 11.9 Å². The van der Waals surface area contributed by atoms with Crippen molar-refractivity contribution in [2.75, 3.05) is 5.32 Å². The molecule has 2 N–H and O–H groups in total. The quantitative estimate of drug-likeness (QED) is 0.750. The van der Waals surface area contributed by atoms with Crippen molar-refractivity contribution < 1.29 is 4.79 Å². The van der Waals surface area contributed by atoms with Crippen LogP contribution < -0.4 is 10.6 Å². The highest BCUT2D eigenvalue weighted by atomic mass is 16.1. The molecule has 2 aromatic carbocycles. The van der Waals surface area contributed by atoms with Crippen LogP contribution in [0.1, 0.15) is 29.7 Å².